The van der Waals surface area contributed by atoms with Crippen molar-refractivity contribution in [3.63, 3.8) is 0 Å². The molecule has 1 amide bonds. The van der Waals surface area contributed by atoms with Crippen molar-refractivity contribution in [2.24, 2.45) is 0 Å². The number of amides is 1. The van der Waals surface area contributed by atoms with Crippen LogP contribution in [0.25, 0.3) is 21.1 Å². The normalized spacial score (nSPS) is 15.2. The lowest BCUT2D eigenvalue weighted by molar-refractivity contribution is 0.0899. The molecular formula is C26H24N6O2S. The van der Waals surface area contributed by atoms with Crippen molar-refractivity contribution < 1.29 is 9.53 Å². The summed E-state index contributed by atoms with van der Waals surface area (Å²) < 4.78 is 5.74. The second-order valence-electron chi connectivity index (χ2n) is 8.81. The van der Waals surface area contributed by atoms with Crippen LogP contribution in [0, 0.1) is 6.92 Å². The highest BCUT2D eigenvalue weighted by molar-refractivity contribution is 7.19. The van der Waals surface area contributed by atoms with Crippen LogP contribution in [0.1, 0.15) is 28.0 Å². The van der Waals surface area contributed by atoms with E-state index >= 15 is 0 Å². The second kappa shape index (κ2) is 8.99. The monoisotopic (exact) mass is 484 g/mol. The largest absolute Gasteiger partial charge is 0.446 e. The summed E-state index contributed by atoms with van der Waals surface area (Å²) in [5.74, 6) is 0.797. The van der Waals surface area contributed by atoms with Crippen molar-refractivity contribution >= 4 is 50.1 Å². The summed E-state index contributed by atoms with van der Waals surface area (Å²) in [6, 6.07) is 14.1. The van der Waals surface area contributed by atoms with Gasteiger partial charge in [0.15, 0.2) is 0 Å². The molecule has 6 rings (SSSR count). The van der Waals surface area contributed by atoms with Gasteiger partial charge < -0.3 is 15.4 Å². The molecule has 0 radical (unpaired) electrons. The summed E-state index contributed by atoms with van der Waals surface area (Å²) in [6.07, 6.45) is 5.14. The highest BCUT2D eigenvalue weighted by Crippen LogP contribution is 2.39. The van der Waals surface area contributed by atoms with Crippen LogP contribution in [0.15, 0.2) is 55.0 Å². The number of hydrogen-bond acceptors (Lipinski definition) is 7. The minimum atomic E-state index is -0.378. The van der Waals surface area contributed by atoms with E-state index in [4.69, 9.17) is 4.74 Å². The predicted molar refractivity (Wildman–Crippen MR) is 137 cm³/mol. The third kappa shape index (κ3) is 4.42. The Labute approximate surface area is 205 Å². The summed E-state index contributed by atoms with van der Waals surface area (Å²) in [7, 11) is 0. The molecule has 0 bridgehead atoms. The Balaban J connectivity index is 1.16. The van der Waals surface area contributed by atoms with Crippen LogP contribution in [0.4, 0.5) is 16.3 Å². The number of carbonyl (C=O) groups excluding carboxylic acids is 1. The Bertz CT molecular complexity index is 1520. The predicted octanol–water partition coefficient (Wildman–Crippen LogP) is 5.40. The number of thiophene rings is 1. The van der Waals surface area contributed by atoms with Gasteiger partial charge in [-0.05, 0) is 49.1 Å². The lowest BCUT2D eigenvalue weighted by Gasteiger charge is -2.23. The van der Waals surface area contributed by atoms with Crippen LogP contribution in [0.2, 0.25) is 0 Å². The molecular weight excluding hydrogens is 460 g/mol. The van der Waals surface area contributed by atoms with Crippen LogP contribution in [-0.2, 0) is 24.1 Å². The molecule has 3 heterocycles. The molecule has 8 nitrogen and oxygen atoms in total. The molecule has 0 aliphatic heterocycles. The fourth-order valence-corrected chi connectivity index (χ4v) is 5.76. The Morgan fingerprint density at radius 1 is 1.20 bits per heavy atom. The molecule has 0 spiro atoms. The molecule has 3 aromatic heterocycles. The fraction of sp³-hybridized carbons (Fsp3) is 0.231. The minimum absolute atomic E-state index is 0.151. The SMILES string of the molecule is Cc1ccc(CNC(=O)OC2CCc3c(sc4ncnc(Nc5ccc6[nH]ncc6c5)c34)C2)cc1. The summed E-state index contributed by atoms with van der Waals surface area (Å²) >= 11 is 1.65. The van der Waals surface area contributed by atoms with Crippen LogP contribution >= 0.6 is 11.3 Å². The number of aromatic amines is 1. The molecule has 1 atom stereocenters. The number of carbonyl (C=O) groups is 1. The molecule has 0 saturated carbocycles. The fourth-order valence-electron chi connectivity index (χ4n) is 4.51. The number of benzene rings is 2. The van der Waals surface area contributed by atoms with Crippen molar-refractivity contribution in [1.82, 2.24) is 25.5 Å². The lowest BCUT2D eigenvalue weighted by Crippen LogP contribution is -2.31. The van der Waals surface area contributed by atoms with Crippen LogP contribution < -0.4 is 10.6 Å². The van der Waals surface area contributed by atoms with Crippen LogP contribution in [0.3, 0.4) is 0 Å². The Morgan fingerprint density at radius 3 is 2.97 bits per heavy atom. The zero-order valence-corrected chi connectivity index (χ0v) is 20.0. The van der Waals surface area contributed by atoms with Crippen LogP contribution in [-0.4, -0.2) is 32.4 Å². The molecule has 3 N–H and O–H groups in total. The second-order valence-corrected chi connectivity index (χ2v) is 9.90. The number of aryl methyl sites for hydroxylation is 2. The minimum Gasteiger partial charge on any atom is -0.446 e. The van der Waals surface area contributed by atoms with Crippen molar-refractivity contribution in [2.75, 3.05) is 5.32 Å². The summed E-state index contributed by atoms with van der Waals surface area (Å²) in [5.41, 5.74) is 5.43. The number of nitrogens with one attached hydrogen (secondary N) is 3. The van der Waals surface area contributed by atoms with E-state index in [1.54, 1.807) is 23.9 Å². The average molecular weight is 485 g/mol. The van der Waals surface area contributed by atoms with Crippen molar-refractivity contribution in [1.29, 1.82) is 0 Å². The number of rotatable bonds is 5. The quantitative estimate of drug-likeness (QED) is 0.308. The average Bonchev–Trinajstić information content (AvgIpc) is 3.48. The zero-order valence-electron chi connectivity index (χ0n) is 19.2. The van der Waals surface area contributed by atoms with Crippen LogP contribution in [0.5, 0.6) is 0 Å². The first-order chi connectivity index (χ1) is 17.1. The van der Waals surface area contributed by atoms with Gasteiger partial charge >= 0.3 is 6.09 Å². The van der Waals surface area contributed by atoms with Gasteiger partial charge in [0.2, 0.25) is 0 Å². The van der Waals surface area contributed by atoms with Crippen molar-refractivity contribution in [3.05, 3.63) is 76.6 Å². The topological polar surface area (TPSA) is 105 Å². The third-order valence-corrected chi connectivity index (χ3v) is 7.50. The number of fused-ring (bicyclic) bond motifs is 4. The molecule has 9 heteroatoms. The first-order valence-corrected chi connectivity index (χ1v) is 12.4. The Kier molecular flexibility index (Phi) is 5.54. The van der Waals surface area contributed by atoms with E-state index in [-0.39, 0.29) is 12.2 Å². The number of aromatic nitrogens is 4. The van der Waals surface area contributed by atoms with E-state index in [0.29, 0.717) is 13.0 Å². The first-order valence-electron chi connectivity index (χ1n) is 11.6. The summed E-state index contributed by atoms with van der Waals surface area (Å²) in [5, 5.41) is 15.5. The number of nitrogens with zero attached hydrogens (tertiary/aromatic N) is 3. The van der Waals surface area contributed by atoms with Gasteiger partial charge in [0.1, 0.15) is 23.1 Å². The summed E-state index contributed by atoms with van der Waals surface area (Å²) in [4.78, 5) is 23.6. The molecule has 35 heavy (non-hydrogen) atoms. The number of ether oxygens (including phenoxy) is 1. The molecule has 0 saturated heterocycles. The molecule has 5 aromatic rings. The maximum absolute atomic E-state index is 12.4. The Morgan fingerprint density at radius 2 is 2.09 bits per heavy atom. The maximum Gasteiger partial charge on any atom is 0.407 e. The number of hydrogen-bond donors (Lipinski definition) is 3. The van der Waals surface area contributed by atoms with Gasteiger partial charge in [-0.2, -0.15) is 5.10 Å². The Hall–Kier alpha value is -3.98. The highest BCUT2D eigenvalue weighted by atomic mass is 32.1. The van der Waals surface area contributed by atoms with E-state index in [9.17, 15) is 4.79 Å². The zero-order chi connectivity index (χ0) is 23.8. The van der Waals surface area contributed by atoms with Gasteiger partial charge in [-0.3, -0.25) is 5.10 Å². The highest BCUT2D eigenvalue weighted by Gasteiger charge is 2.27. The van der Waals surface area contributed by atoms with E-state index in [1.165, 1.54) is 16.0 Å². The molecule has 2 aromatic carbocycles. The molecule has 1 aliphatic carbocycles. The van der Waals surface area contributed by atoms with E-state index in [0.717, 1.165) is 51.0 Å². The van der Waals surface area contributed by atoms with Crippen molar-refractivity contribution in [3.8, 4) is 0 Å². The number of alkyl carbamates (subject to hydrolysis) is 1. The molecule has 1 aliphatic rings. The van der Waals surface area contributed by atoms with Gasteiger partial charge in [0.25, 0.3) is 0 Å². The first kappa shape index (κ1) is 21.5. The summed E-state index contributed by atoms with van der Waals surface area (Å²) in [6.45, 7) is 2.50. The molecule has 0 fully saturated rings. The maximum atomic E-state index is 12.4. The molecule has 176 valence electrons. The van der Waals surface area contributed by atoms with E-state index in [2.05, 4.69) is 30.8 Å². The van der Waals surface area contributed by atoms with Gasteiger partial charge in [-0.15, -0.1) is 11.3 Å². The number of H-pyrrole nitrogens is 1. The van der Waals surface area contributed by atoms with Gasteiger partial charge in [0.05, 0.1) is 17.1 Å². The van der Waals surface area contributed by atoms with Gasteiger partial charge in [0, 0.05) is 28.9 Å². The van der Waals surface area contributed by atoms with E-state index in [1.807, 2.05) is 49.4 Å². The van der Waals surface area contributed by atoms with Crippen molar-refractivity contribution in [2.45, 2.75) is 38.8 Å². The standard InChI is InChI=1S/C26H24N6O2S/c1-15-2-4-16(5-3-15)12-27-26(33)34-19-7-8-20-22(11-19)35-25-23(20)24(28-14-29-25)31-18-6-9-21-17(10-18)13-30-32-21/h2-6,9-10,13-14,19H,7-8,11-12H2,1H3,(H,27,33)(H,30,32)(H,28,29,31). The third-order valence-electron chi connectivity index (χ3n) is 6.33. The van der Waals surface area contributed by atoms with Gasteiger partial charge in [-0.25, -0.2) is 14.8 Å². The van der Waals surface area contributed by atoms with E-state index < -0.39 is 0 Å². The smallest absolute Gasteiger partial charge is 0.407 e. The lowest BCUT2D eigenvalue weighted by atomic mass is 9.94. The molecule has 1 unspecified atom stereocenters. The van der Waals surface area contributed by atoms with Gasteiger partial charge in [-0.1, -0.05) is 29.8 Å². The number of anilines is 2.